The Hall–Kier alpha value is -1.92. The van der Waals surface area contributed by atoms with Crippen LogP contribution in [0, 0.1) is 0 Å². The minimum Gasteiger partial charge on any atom is -0.428 e. The van der Waals surface area contributed by atoms with Gasteiger partial charge in [0.2, 0.25) is 0 Å². The predicted octanol–water partition coefficient (Wildman–Crippen LogP) is 2.07. The van der Waals surface area contributed by atoms with Crippen LogP contribution in [-0.4, -0.2) is 29.8 Å². The summed E-state index contributed by atoms with van der Waals surface area (Å²) in [4.78, 5) is 15.0. The zero-order chi connectivity index (χ0) is 16.0. The fourth-order valence-electron chi connectivity index (χ4n) is 2.53. The van der Waals surface area contributed by atoms with E-state index in [1.54, 1.807) is 18.5 Å². The molecular formula is C16H18BNO4. The summed E-state index contributed by atoms with van der Waals surface area (Å²) in [5.74, 6) is 0.472. The van der Waals surface area contributed by atoms with Crippen LogP contribution in [0.25, 0.3) is 10.8 Å². The summed E-state index contributed by atoms with van der Waals surface area (Å²) in [6.07, 6.45) is 3.42. The molecule has 1 saturated heterocycles. The van der Waals surface area contributed by atoms with E-state index in [-0.39, 0.29) is 0 Å². The highest BCUT2D eigenvalue weighted by atomic mass is 16.7. The van der Waals surface area contributed by atoms with Crippen molar-refractivity contribution in [1.82, 2.24) is 4.98 Å². The van der Waals surface area contributed by atoms with Crippen molar-refractivity contribution in [3.05, 3.63) is 30.6 Å². The van der Waals surface area contributed by atoms with Gasteiger partial charge in [-0.1, -0.05) is 12.1 Å². The molecule has 0 radical (unpaired) electrons. The van der Waals surface area contributed by atoms with Crippen molar-refractivity contribution in [3.63, 3.8) is 0 Å². The molecule has 6 heteroatoms. The molecule has 1 fully saturated rings. The number of carbonyl (C=O) groups is 1. The monoisotopic (exact) mass is 299 g/mol. The van der Waals surface area contributed by atoms with Crippen molar-refractivity contribution in [1.29, 1.82) is 0 Å². The molecule has 0 bridgehead atoms. The number of hydrogen-bond donors (Lipinski definition) is 0. The van der Waals surface area contributed by atoms with Crippen LogP contribution in [0.5, 0.6) is 5.75 Å². The van der Waals surface area contributed by atoms with Crippen molar-refractivity contribution in [2.45, 2.75) is 38.9 Å². The quantitative estimate of drug-likeness (QED) is 0.641. The third kappa shape index (κ3) is 2.28. The van der Waals surface area contributed by atoms with E-state index in [0.29, 0.717) is 12.2 Å². The van der Waals surface area contributed by atoms with Gasteiger partial charge < -0.3 is 14.0 Å². The smallest absolute Gasteiger partial charge is 0.428 e. The van der Waals surface area contributed by atoms with E-state index in [4.69, 9.17) is 14.0 Å². The molecule has 1 aromatic heterocycles. The molecule has 1 aliphatic rings. The predicted molar refractivity (Wildman–Crippen MR) is 84.2 cm³/mol. The molecule has 0 spiro atoms. The van der Waals surface area contributed by atoms with Crippen LogP contribution in [0.1, 0.15) is 27.7 Å². The Kier molecular flexibility index (Phi) is 3.46. The fourth-order valence-corrected chi connectivity index (χ4v) is 2.53. The van der Waals surface area contributed by atoms with Crippen molar-refractivity contribution in [3.8, 4) is 5.75 Å². The third-order valence-corrected chi connectivity index (χ3v) is 4.46. The molecule has 0 unspecified atom stereocenters. The van der Waals surface area contributed by atoms with Crippen LogP contribution >= 0.6 is 0 Å². The van der Waals surface area contributed by atoms with E-state index in [1.807, 2.05) is 39.8 Å². The number of carbonyl (C=O) groups excluding carboxylic acids is 1. The standard InChI is InChI=1S/C16H18BNO4/c1-15(2)16(3,4)22-17(21-15)12-9-18-8-11-6-5-7-13(14(11)12)20-10-19/h5-10H,1-4H3. The number of ether oxygens (including phenoxy) is 1. The van der Waals surface area contributed by atoms with Crippen LogP contribution in [0.2, 0.25) is 0 Å². The number of fused-ring (bicyclic) bond motifs is 1. The summed E-state index contributed by atoms with van der Waals surface area (Å²) >= 11 is 0. The summed E-state index contributed by atoms with van der Waals surface area (Å²) in [6.45, 7) is 8.40. The Bertz CT molecular complexity index is 708. The second-order valence-electron chi connectivity index (χ2n) is 6.39. The Morgan fingerprint density at radius 1 is 1.14 bits per heavy atom. The molecule has 0 aliphatic carbocycles. The van der Waals surface area contributed by atoms with Gasteiger partial charge in [0.25, 0.3) is 6.47 Å². The first kappa shape index (κ1) is 15.0. The van der Waals surface area contributed by atoms with Crippen LogP contribution < -0.4 is 10.2 Å². The van der Waals surface area contributed by atoms with E-state index in [2.05, 4.69) is 4.98 Å². The van der Waals surface area contributed by atoms with E-state index < -0.39 is 18.3 Å². The maximum absolute atomic E-state index is 10.8. The van der Waals surface area contributed by atoms with E-state index in [0.717, 1.165) is 16.2 Å². The van der Waals surface area contributed by atoms with Gasteiger partial charge in [0.15, 0.2) is 0 Å². The highest BCUT2D eigenvalue weighted by Crippen LogP contribution is 2.37. The first-order valence-corrected chi connectivity index (χ1v) is 7.18. The number of pyridine rings is 1. The first-order chi connectivity index (χ1) is 10.4. The highest BCUT2D eigenvalue weighted by molar-refractivity contribution is 6.65. The number of benzene rings is 1. The zero-order valence-electron chi connectivity index (χ0n) is 13.1. The molecule has 22 heavy (non-hydrogen) atoms. The van der Waals surface area contributed by atoms with E-state index in [1.165, 1.54) is 0 Å². The highest BCUT2D eigenvalue weighted by Gasteiger charge is 2.52. The molecule has 0 saturated carbocycles. The van der Waals surface area contributed by atoms with Crippen LogP contribution in [0.3, 0.4) is 0 Å². The summed E-state index contributed by atoms with van der Waals surface area (Å²) in [5.41, 5.74) is -0.130. The Balaban J connectivity index is 2.14. The summed E-state index contributed by atoms with van der Waals surface area (Å²) in [6, 6.07) is 5.47. The molecule has 1 aromatic carbocycles. The topological polar surface area (TPSA) is 57.7 Å². The molecule has 114 valence electrons. The minimum absolute atomic E-state index is 0.420. The molecule has 1 aliphatic heterocycles. The molecule has 0 atom stereocenters. The molecule has 3 rings (SSSR count). The van der Waals surface area contributed by atoms with Gasteiger partial charge in [-0.15, -0.1) is 0 Å². The summed E-state index contributed by atoms with van der Waals surface area (Å²) < 4.78 is 17.3. The third-order valence-electron chi connectivity index (χ3n) is 4.46. The van der Waals surface area contributed by atoms with Crippen molar-refractivity contribution >= 4 is 29.8 Å². The van der Waals surface area contributed by atoms with Gasteiger partial charge in [-0.2, -0.15) is 0 Å². The molecule has 5 nitrogen and oxygen atoms in total. The average molecular weight is 299 g/mol. The number of aromatic nitrogens is 1. The lowest BCUT2D eigenvalue weighted by molar-refractivity contribution is -0.120. The van der Waals surface area contributed by atoms with Crippen molar-refractivity contribution < 1.29 is 18.8 Å². The van der Waals surface area contributed by atoms with Crippen LogP contribution in [0.15, 0.2) is 30.6 Å². The number of nitrogens with zero attached hydrogens (tertiary/aromatic N) is 1. The van der Waals surface area contributed by atoms with Crippen LogP contribution in [0.4, 0.5) is 0 Å². The molecule has 2 aromatic rings. The summed E-state index contributed by atoms with van der Waals surface area (Å²) in [7, 11) is -0.558. The largest absolute Gasteiger partial charge is 0.497 e. The van der Waals surface area contributed by atoms with Gasteiger partial charge in [0, 0.05) is 28.6 Å². The minimum atomic E-state index is -0.558. The Morgan fingerprint density at radius 3 is 2.45 bits per heavy atom. The second kappa shape index (κ2) is 5.07. The molecule has 2 heterocycles. The SMILES string of the molecule is CC1(C)OB(c2cncc3cccc(OC=O)c23)OC1(C)C. The van der Waals surface area contributed by atoms with Crippen molar-refractivity contribution in [2.24, 2.45) is 0 Å². The Morgan fingerprint density at radius 2 is 1.82 bits per heavy atom. The second-order valence-corrected chi connectivity index (χ2v) is 6.39. The molecule has 0 amide bonds. The summed E-state index contributed by atoms with van der Waals surface area (Å²) in [5, 5.41) is 1.65. The van der Waals surface area contributed by atoms with Gasteiger partial charge in [-0.25, -0.2) is 0 Å². The number of hydrogen-bond acceptors (Lipinski definition) is 5. The van der Waals surface area contributed by atoms with Crippen LogP contribution in [-0.2, 0) is 14.1 Å². The first-order valence-electron chi connectivity index (χ1n) is 7.18. The fraction of sp³-hybridized carbons (Fsp3) is 0.375. The van der Waals surface area contributed by atoms with E-state index >= 15 is 0 Å². The lowest BCUT2D eigenvalue weighted by Crippen LogP contribution is -2.41. The van der Waals surface area contributed by atoms with Gasteiger partial charge in [0.1, 0.15) is 5.75 Å². The average Bonchev–Trinajstić information content (AvgIpc) is 2.67. The van der Waals surface area contributed by atoms with Gasteiger partial charge in [0.05, 0.1) is 11.2 Å². The van der Waals surface area contributed by atoms with Gasteiger partial charge in [-0.05, 0) is 33.8 Å². The van der Waals surface area contributed by atoms with E-state index in [9.17, 15) is 4.79 Å². The normalized spacial score (nSPS) is 19.4. The van der Waals surface area contributed by atoms with Gasteiger partial charge >= 0.3 is 7.12 Å². The zero-order valence-corrected chi connectivity index (χ0v) is 13.1. The lowest BCUT2D eigenvalue weighted by Gasteiger charge is -2.32. The lowest BCUT2D eigenvalue weighted by atomic mass is 9.77. The van der Waals surface area contributed by atoms with Gasteiger partial charge in [-0.3, -0.25) is 9.78 Å². The molecular weight excluding hydrogens is 281 g/mol. The molecule has 0 N–H and O–H groups in total. The van der Waals surface area contributed by atoms with Crippen molar-refractivity contribution in [2.75, 3.05) is 0 Å². The maximum Gasteiger partial charge on any atom is 0.497 e. The Labute approximate surface area is 129 Å². The maximum atomic E-state index is 10.8. The number of rotatable bonds is 3.